The van der Waals surface area contributed by atoms with Crippen molar-refractivity contribution in [1.29, 1.82) is 0 Å². The molecule has 5 nitrogen and oxygen atoms in total. The smallest absolute Gasteiger partial charge is 0.233 e. The summed E-state index contributed by atoms with van der Waals surface area (Å²) in [6, 6.07) is 10.1. The minimum Gasteiger partial charge on any atom is -0.480 e. The van der Waals surface area contributed by atoms with Crippen molar-refractivity contribution < 1.29 is 14.2 Å². The van der Waals surface area contributed by atoms with Gasteiger partial charge in [-0.2, -0.15) is 5.10 Å². The Kier molecular flexibility index (Phi) is 6.25. The van der Waals surface area contributed by atoms with Crippen LogP contribution in [0.15, 0.2) is 36.4 Å². The molecule has 0 amide bonds. The van der Waals surface area contributed by atoms with Gasteiger partial charge in [-0.15, -0.1) is 29.1 Å². The average Bonchev–Trinajstić information content (AvgIpc) is 2.89. The zero-order valence-corrected chi connectivity index (χ0v) is 15.1. The number of rotatable bonds is 4. The number of aliphatic hydroxyl groups is 1. The average molecular weight is 431 g/mol. The summed E-state index contributed by atoms with van der Waals surface area (Å²) in [4.78, 5) is 2.13. The third-order valence-corrected chi connectivity index (χ3v) is 3.91. The molecule has 1 aliphatic heterocycles. The molecule has 1 fully saturated rings. The molecule has 0 aliphatic carbocycles. The van der Waals surface area contributed by atoms with Crippen LogP contribution in [-0.2, 0) is 6.54 Å². The lowest BCUT2D eigenvalue weighted by atomic mass is 10.0. The van der Waals surface area contributed by atoms with Crippen molar-refractivity contribution in [3.63, 3.8) is 0 Å². The Morgan fingerprint density at radius 3 is 2.57 bits per heavy atom. The van der Waals surface area contributed by atoms with Crippen molar-refractivity contribution in [3.8, 4) is 5.88 Å². The van der Waals surface area contributed by atoms with E-state index >= 15 is 0 Å². The van der Waals surface area contributed by atoms with Crippen LogP contribution in [0.5, 0.6) is 5.88 Å². The van der Waals surface area contributed by atoms with Crippen LogP contribution in [0.1, 0.15) is 23.7 Å². The van der Waals surface area contributed by atoms with E-state index in [1.54, 1.807) is 25.3 Å². The minimum atomic E-state index is -0.388. The van der Waals surface area contributed by atoms with Crippen LogP contribution in [-0.4, -0.2) is 40.0 Å². The van der Waals surface area contributed by atoms with E-state index < -0.39 is 0 Å². The molecule has 2 atom stereocenters. The van der Waals surface area contributed by atoms with Crippen LogP contribution in [0.3, 0.4) is 0 Å². The Hall–Kier alpha value is -1.32. The maximum Gasteiger partial charge on any atom is 0.233 e. The Morgan fingerprint density at radius 1 is 1.22 bits per heavy atom. The maximum absolute atomic E-state index is 13.1. The molecule has 1 aromatic carbocycles. The number of methoxy groups -OCH3 is 1. The van der Waals surface area contributed by atoms with E-state index in [0.29, 0.717) is 25.4 Å². The highest BCUT2D eigenvalue weighted by atomic mass is 127. The van der Waals surface area contributed by atoms with E-state index in [9.17, 15) is 9.50 Å². The molecule has 2 aromatic rings. The molecular formula is C16H19FIN3O2. The number of likely N-dealkylation sites (tertiary alicyclic amines) is 1. The van der Waals surface area contributed by atoms with E-state index in [-0.39, 0.29) is 41.9 Å². The van der Waals surface area contributed by atoms with Crippen LogP contribution in [0.2, 0.25) is 0 Å². The van der Waals surface area contributed by atoms with Gasteiger partial charge in [0.25, 0.3) is 0 Å². The van der Waals surface area contributed by atoms with Crippen LogP contribution in [0, 0.1) is 5.82 Å². The molecule has 0 radical (unpaired) electrons. The van der Waals surface area contributed by atoms with E-state index in [1.807, 2.05) is 6.07 Å². The summed E-state index contributed by atoms with van der Waals surface area (Å²) in [7, 11) is 1.55. The number of ether oxygens (including phenoxy) is 1. The molecule has 23 heavy (non-hydrogen) atoms. The summed E-state index contributed by atoms with van der Waals surface area (Å²) in [5.74, 6) is 0.218. The molecular weight excluding hydrogens is 412 g/mol. The third-order valence-electron chi connectivity index (χ3n) is 3.91. The SMILES string of the molecule is COc1ccc(CN2CC(O)CC2c2ccc(F)cc2)nn1.I. The van der Waals surface area contributed by atoms with Gasteiger partial charge in [-0.1, -0.05) is 12.1 Å². The Bertz CT molecular complexity index is 624. The molecule has 1 saturated heterocycles. The quantitative estimate of drug-likeness (QED) is 0.755. The van der Waals surface area contributed by atoms with Gasteiger partial charge in [-0.05, 0) is 30.2 Å². The van der Waals surface area contributed by atoms with Gasteiger partial charge < -0.3 is 9.84 Å². The number of hydrogen-bond donors (Lipinski definition) is 1. The molecule has 1 aliphatic rings. The van der Waals surface area contributed by atoms with Gasteiger partial charge in [-0.3, -0.25) is 4.90 Å². The minimum absolute atomic E-state index is 0. The standard InChI is InChI=1S/C16H18FN3O2.HI/c1-22-16-7-6-13(18-19-16)9-20-10-14(21)8-15(20)11-2-4-12(17)5-3-11;/h2-7,14-15,21H,8-10H2,1H3;1H. The first-order valence-electron chi connectivity index (χ1n) is 7.20. The number of halogens is 2. The first-order chi connectivity index (χ1) is 10.7. The first kappa shape index (κ1) is 18.0. The number of nitrogens with zero attached hydrogens (tertiary/aromatic N) is 3. The van der Waals surface area contributed by atoms with Crippen LogP contribution >= 0.6 is 24.0 Å². The molecule has 1 aromatic heterocycles. The summed E-state index contributed by atoms with van der Waals surface area (Å²) in [6.07, 6.45) is 0.246. The van der Waals surface area contributed by atoms with Gasteiger partial charge in [0.05, 0.1) is 18.9 Å². The van der Waals surface area contributed by atoms with E-state index in [4.69, 9.17) is 4.74 Å². The summed E-state index contributed by atoms with van der Waals surface area (Å²) >= 11 is 0. The second-order valence-corrected chi connectivity index (χ2v) is 5.45. The van der Waals surface area contributed by atoms with E-state index in [2.05, 4.69) is 15.1 Å². The Labute approximate surface area is 151 Å². The second kappa shape index (κ2) is 7.98. The predicted octanol–water partition coefficient (Wildman–Crippen LogP) is 2.55. The highest BCUT2D eigenvalue weighted by molar-refractivity contribution is 14.0. The molecule has 124 valence electrons. The normalized spacial score (nSPS) is 21.0. The number of aromatic nitrogens is 2. The zero-order chi connectivity index (χ0) is 15.5. The summed E-state index contributed by atoms with van der Waals surface area (Å²) in [5.41, 5.74) is 1.81. The summed E-state index contributed by atoms with van der Waals surface area (Å²) < 4.78 is 18.1. The number of hydrogen-bond acceptors (Lipinski definition) is 5. The number of benzene rings is 1. The Morgan fingerprint density at radius 2 is 1.96 bits per heavy atom. The van der Waals surface area contributed by atoms with Crippen molar-refractivity contribution in [2.45, 2.75) is 25.1 Å². The van der Waals surface area contributed by atoms with Crippen LogP contribution in [0.4, 0.5) is 4.39 Å². The third kappa shape index (κ3) is 4.36. The molecule has 7 heteroatoms. The maximum atomic E-state index is 13.1. The van der Waals surface area contributed by atoms with Gasteiger partial charge in [0.15, 0.2) is 0 Å². The summed E-state index contributed by atoms with van der Waals surface area (Å²) in [6.45, 7) is 1.14. The number of β-amino-alcohol motifs (C(OH)–C–C–N with tert-alkyl or cyclic N) is 1. The first-order valence-corrected chi connectivity index (χ1v) is 7.20. The number of aliphatic hydroxyl groups excluding tert-OH is 1. The van der Waals surface area contributed by atoms with Crippen molar-refractivity contribution >= 4 is 24.0 Å². The molecule has 3 rings (SSSR count). The van der Waals surface area contributed by atoms with Crippen LogP contribution in [0.25, 0.3) is 0 Å². The van der Waals surface area contributed by atoms with Gasteiger partial charge in [0, 0.05) is 25.2 Å². The largest absolute Gasteiger partial charge is 0.480 e. The van der Waals surface area contributed by atoms with Crippen LogP contribution < -0.4 is 4.74 Å². The molecule has 0 spiro atoms. The molecule has 1 N–H and O–H groups in total. The second-order valence-electron chi connectivity index (χ2n) is 5.45. The molecule has 2 unspecified atom stereocenters. The highest BCUT2D eigenvalue weighted by Crippen LogP contribution is 2.33. The van der Waals surface area contributed by atoms with Crippen molar-refractivity contribution in [1.82, 2.24) is 15.1 Å². The molecule has 0 bridgehead atoms. The highest BCUT2D eigenvalue weighted by Gasteiger charge is 2.32. The fourth-order valence-electron chi connectivity index (χ4n) is 2.83. The zero-order valence-electron chi connectivity index (χ0n) is 12.7. The van der Waals surface area contributed by atoms with Crippen molar-refractivity contribution in [2.75, 3.05) is 13.7 Å². The van der Waals surface area contributed by atoms with Gasteiger partial charge in [-0.25, -0.2) is 4.39 Å². The fourth-order valence-corrected chi connectivity index (χ4v) is 2.83. The summed E-state index contributed by atoms with van der Waals surface area (Å²) in [5, 5.41) is 18.1. The predicted molar refractivity (Wildman–Crippen MR) is 94.2 cm³/mol. The fraction of sp³-hybridized carbons (Fsp3) is 0.375. The molecule has 0 saturated carbocycles. The van der Waals surface area contributed by atoms with Gasteiger partial charge >= 0.3 is 0 Å². The lowest BCUT2D eigenvalue weighted by Gasteiger charge is -2.23. The van der Waals surface area contributed by atoms with Gasteiger partial charge in [0.2, 0.25) is 5.88 Å². The van der Waals surface area contributed by atoms with Crippen molar-refractivity contribution in [2.24, 2.45) is 0 Å². The van der Waals surface area contributed by atoms with E-state index in [0.717, 1.165) is 11.3 Å². The lowest BCUT2D eigenvalue weighted by molar-refractivity contribution is 0.172. The Balaban J connectivity index is 0.00000192. The van der Waals surface area contributed by atoms with Crippen molar-refractivity contribution in [3.05, 3.63) is 53.5 Å². The lowest BCUT2D eigenvalue weighted by Crippen LogP contribution is -2.25. The molecule has 2 heterocycles. The van der Waals surface area contributed by atoms with Gasteiger partial charge in [0.1, 0.15) is 5.82 Å². The topological polar surface area (TPSA) is 58.5 Å². The van der Waals surface area contributed by atoms with E-state index in [1.165, 1.54) is 12.1 Å². The monoisotopic (exact) mass is 431 g/mol.